The highest BCUT2D eigenvalue weighted by Crippen LogP contribution is 2.69. The second kappa shape index (κ2) is 9.22. The van der Waals surface area contributed by atoms with Crippen molar-refractivity contribution in [3.8, 4) is 0 Å². The Bertz CT molecular complexity index is 1060. The maximum Gasteiger partial charge on any atom is 0.190 e. The molecule has 0 spiro atoms. The summed E-state index contributed by atoms with van der Waals surface area (Å²) in [5, 5.41) is 51.2. The molecule has 11 heteroatoms. The van der Waals surface area contributed by atoms with Crippen LogP contribution in [0.2, 0.25) is 0 Å². The second-order valence-corrected chi connectivity index (χ2v) is 12.3. The van der Waals surface area contributed by atoms with E-state index in [1.165, 1.54) is 6.08 Å². The van der Waals surface area contributed by atoms with E-state index >= 15 is 4.39 Å². The molecule has 11 atom stereocenters. The highest BCUT2D eigenvalue weighted by molar-refractivity contribution is 5.97. The molecule has 38 heavy (non-hydrogen) atoms. The number of halogens is 1. The van der Waals surface area contributed by atoms with Crippen LogP contribution in [0.1, 0.15) is 58.8 Å². The molecule has 0 aromatic heterocycles. The van der Waals surface area contributed by atoms with Crippen molar-refractivity contribution in [3.63, 3.8) is 0 Å². The fourth-order valence-electron chi connectivity index (χ4n) is 8.24. The number of aliphatic hydroxyl groups is 5. The molecule has 5 N–H and O–H groups in total. The molecule has 1 aliphatic heterocycles. The van der Waals surface area contributed by atoms with Crippen LogP contribution >= 0.6 is 0 Å². The summed E-state index contributed by atoms with van der Waals surface area (Å²) < 4.78 is 27.8. The number of carbonyl (C=O) groups excluding carboxylic acids is 3. The minimum Gasteiger partial charge on any atom is -0.394 e. The van der Waals surface area contributed by atoms with Crippen LogP contribution in [0, 0.1) is 22.7 Å². The molecule has 0 aromatic rings. The molecule has 0 unspecified atom stereocenters. The number of rotatable bonds is 5. The van der Waals surface area contributed by atoms with E-state index in [1.807, 2.05) is 0 Å². The number of ether oxygens (including phenoxy) is 2. The van der Waals surface area contributed by atoms with E-state index in [0.29, 0.717) is 24.8 Å². The SMILES string of the molecule is C[C@]12CCC(=O)C=C1CC[C@H]1[C@@H]3CC[C@](O)(C(=O)CO[C@@H]4O[C@H](CO)[C@@H](O)[C@H](O)[C@H]4O)[C@@]3(C)CC(=O)[C@@]12F. The van der Waals surface area contributed by atoms with Crippen molar-refractivity contribution in [1.29, 1.82) is 0 Å². The molecule has 212 valence electrons. The summed E-state index contributed by atoms with van der Waals surface area (Å²) in [6, 6.07) is 0. The lowest BCUT2D eigenvalue weighted by Crippen LogP contribution is -2.68. The van der Waals surface area contributed by atoms with Crippen LogP contribution in [0.15, 0.2) is 11.6 Å². The van der Waals surface area contributed by atoms with Crippen molar-refractivity contribution in [3.05, 3.63) is 11.6 Å². The Kier molecular flexibility index (Phi) is 6.78. The number of alkyl halides is 1. The number of allylic oxidation sites excluding steroid dienone is 1. The van der Waals surface area contributed by atoms with Crippen molar-refractivity contribution in [2.24, 2.45) is 22.7 Å². The van der Waals surface area contributed by atoms with E-state index in [9.17, 15) is 39.9 Å². The Morgan fingerprint density at radius 3 is 2.47 bits per heavy atom. The monoisotopic (exact) mass is 540 g/mol. The molecule has 1 heterocycles. The highest BCUT2D eigenvalue weighted by atomic mass is 19.1. The number of aliphatic hydroxyl groups excluding tert-OH is 4. The first-order valence-corrected chi connectivity index (χ1v) is 13.4. The predicted octanol–water partition coefficient (Wildman–Crippen LogP) is -0.0939. The summed E-state index contributed by atoms with van der Waals surface area (Å²) in [5.74, 6) is -2.65. The third kappa shape index (κ3) is 3.59. The Morgan fingerprint density at radius 1 is 1.08 bits per heavy atom. The summed E-state index contributed by atoms with van der Waals surface area (Å²) in [6.07, 6.45) is -5.04. The van der Waals surface area contributed by atoms with Gasteiger partial charge in [-0.1, -0.05) is 19.4 Å². The average Bonchev–Trinajstić information content (AvgIpc) is 3.14. The molecule has 4 fully saturated rings. The fourth-order valence-corrected chi connectivity index (χ4v) is 8.24. The van der Waals surface area contributed by atoms with E-state index in [2.05, 4.69) is 0 Å². The Labute approximate surface area is 219 Å². The zero-order chi connectivity index (χ0) is 27.8. The lowest BCUT2D eigenvalue weighted by Gasteiger charge is -2.60. The third-order valence-corrected chi connectivity index (χ3v) is 10.6. The molecule has 5 aliphatic rings. The van der Waals surface area contributed by atoms with Gasteiger partial charge >= 0.3 is 0 Å². The first-order valence-electron chi connectivity index (χ1n) is 13.4. The number of ketones is 3. The van der Waals surface area contributed by atoms with E-state index < -0.39 is 89.4 Å². The average molecular weight is 541 g/mol. The summed E-state index contributed by atoms with van der Waals surface area (Å²) in [5.41, 5.74) is -5.87. The lowest BCUT2D eigenvalue weighted by molar-refractivity contribution is -0.300. The third-order valence-electron chi connectivity index (χ3n) is 10.6. The van der Waals surface area contributed by atoms with Crippen LogP contribution in [0.4, 0.5) is 4.39 Å². The van der Waals surface area contributed by atoms with Gasteiger partial charge < -0.3 is 35.0 Å². The molecular weight excluding hydrogens is 503 g/mol. The molecule has 3 saturated carbocycles. The van der Waals surface area contributed by atoms with Gasteiger partial charge in [-0.15, -0.1) is 0 Å². The fraction of sp³-hybridized carbons (Fsp3) is 0.815. The van der Waals surface area contributed by atoms with E-state index in [1.54, 1.807) is 13.8 Å². The maximum absolute atomic E-state index is 17.1. The maximum atomic E-state index is 17.1. The number of carbonyl (C=O) groups is 3. The first kappa shape index (κ1) is 27.9. The van der Waals surface area contributed by atoms with Gasteiger partial charge in [-0.3, -0.25) is 14.4 Å². The van der Waals surface area contributed by atoms with Crippen LogP contribution in [0.3, 0.4) is 0 Å². The van der Waals surface area contributed by atoms with Gasteiger partial charge in [0.05, 0.1) is 6.61 Å². The van der Waals surface area contributed by atoms with Gasteiger partial charge in [0.25, 0.3) is 0 Å². The minimum absolute atomic E-state index is 0.00278. The van der Waals surface area contributed by atoms with Gasteiger partial charge in [-0.05, 0) is 44.1 Å². The van der Waals surface area contributed by atoms with Crippen molar-refractivity contribution in [1.82, 2.24) is 0 Å². The van der Waals surface area contributed by atoms with Gasteiger partial charge in [0.1, 0.15) is 36.6 Å². The van der Waals surface area contributed by atoms with Crippen LogP contribution in [0.5, 0.6) is 0 Å². The number of Topliss-reactive ketones (excluding diaryl/α,β-unsaturated/α-hetero) is 2. The minimum atomic E-state index is -2.19. The highest BCUT2D eigenvalue weighted by Gasteiger charge is 2.74. The van der Waals surface area contributed by atoms with Crippen LogP contribution in [-0.2, 0) is 23.9 Å². The van der Waals surface area contributed by atoms with Gasteiger partial charge in [0.2, 0.25) is 0 Å². The predicted molar refractivity (Wildman–Crippen MR) is 127 cm³/mol. The molecule has 0 amide bonds. The molecule has 10 nitrogen and oxygen atoms in total. The molecule has 0 aromatic carbocycles. The largest absolute Gasteiger partial charge is 0.394 e. The molecule has 4 aliphatic carbocycles. The summed E-state index contributed by atoms with van der Waals surface area (Å²) in [6.45, 7) is 1.97. The second-order valence-electron chi connectivity index (χ2n) is 12.3. The van der Waals surface area contributed by atoms with Crippen LogP contribution in [0.25, 0.3) is 0 Å². The van der Waals surface area contributed by atoms with Crippen molar-refractivity contribution >= 4 is 17.3 Å². The Morgan fingerprint density at radius 2 is 1.79 bits per heavy atom. The summed E-state index contributed by atoms with van der Waals surface area (Å²) in [4.78, 5) is 39.1. The van der Waals surface area contributed by atoms with Gasteiger partial charge in [0, 0.05) is 29.6 Å². The van der Waals surface area contributed by atoms with E-state index in [0.717, 1.165) is 0 Å². The van der Waals surface area contributed by atoms with Crippen LogP contribution < -0.4 is 0 Å². The smallest absolute Gasteiger partial charge is 0.190 e. The van der Waals surface area contributed by atoms with Gasteiger partial charge in [-0.25, -0.2) is 4.39 Å². The Hall–Kier alpha value is -1.60. The summed E-state index contributed by atoms with van der Waals surface area (Å²) >= 11 is 0. The lowest BCUT2D eigenvalue weighted by atomic mass is 9.44. The number of fused-ring (bicyclic) bond motifs is 5. The summed E-state index contributed by atoms with van der Waals surface area (Å²) in [7, 11) is 0. The van der Waals surface area contributed by atoms with E-state index in [4.69, 9.17) is 9.47 Å². The first-order chi connectivity index (χ1) is 17.7. The molecular formula is C27H37FO10. The quantitative estimate of drug-likeness (QED) is 0.317. The topological polar surface area (TPSA) is 171 Å². The normalized spacial score (nSPS) is 50.6. The zero-order valence-corrected chi connectivity index (χ0v) is 21.6. The Balaban J connectivity index is 1.37. The van der Waals surface area contributed by atoms with Gasteiger partial charge in [0.15, 0.2) is 29.3 Å². The van der Waals surface area contributed by atoms with Crippen molar-refractivity contribution in [2.45, 2.75) is 101 Å². The van der Waals surface area contributed by atoms with Crippen LogP contribution in [-0.4, -0.2) is 98.1 Å². The standard InChI is InChI=1S/C27H37FO10/c1-24-7-5-14(30)9-13(24)3-4-16-15-6-8-26(36,25(15,2)10-18(31)27(16,24)28)19(32)12-37-23-22(35)21(34)20(33)17(11-29)38-23/h9,15-17,20-23,29,33-36H,3-8,10-12H2,1-2H3/t15-,16-,17+,20+,21-,22+,23+,24-,25-,26-,27-/m0/s1. The van der Waals surface area contributed by atoms with E-state index in [-0.39, 0.29) is 31.5 Å². The number of hydrogen-bond acceptors (Lipinski definition) is 10. The molecule has 0 radical (unpaired) electrons. The van der Waals surface area contributed by atoms with Crippen molar-refractivity contribution in [2.75, 3.05) is 13.2 Å². The molecule has 5 rings (SSSR count). The molecule has 1 saturated heterocycles. The zero-order valence-electron chi connectivity index (χ0n) is 21.6. The number of hydrogen-bond donors (Lipinski definition) is 5. The van der Waals surface area contributed by atoms with Crippen molar-refractivity contribution < 1.29 is 53.8 Å². The molecule has 0 bridgehead atoms. The van der Waals surface area contributed by atoms with Gasteiger partial charge in [-0.2, -0.15) is 0 Å².